The van der Waals surface area contributed by atoms with E-state index in [2.05, 4.69) is 41.0 Å². The average Bonchev–Trinajstić information content (AvgIpc) is 0.875. The monoisotopic (exact) mass is 1430 g/mol. The maximum absolute atomic E-state index is 12.3. The number of rotatable bonds is 20. The van der Waals surface area contributed by atoms with E-state index in [1.807, 2.05) is 178 Å². The lowest BCUT2D eigenvalue weighted by Crippen LogP contribution is -2.31. The standard InChI is InChI=1S/2C10H18O3.C9H15NO.2C9H16O3.C8H11FN2.C8H13FO.C8H13NO.C8H14O/c1-6-13-9(12)7(2)8(11)10(3,4)5;1-5-12-9(11)7-6-8-13-10(2,3)4;1-7(6-10)8(11)5-9(2,3)4;1-7(10)12-6-8(11)5-9(2,3)4;1-5-11-9(10)8(4)6-12-7(2)3;1-8(2,3)6-4-10-7(9)11-5-6;1-6(9)5-7(10)8(2,3)4;1-6(5-9)7(10)8(2,3)4;1-5-6-7(9)8(2,3)4/h8,11H,2,6H2,1,3-5H3;6-7H,5,8H2,1-4H3;8,11H,1,5H2,2-4H3;5-6H2,1-4H3;7H,4-6H2,1-3H3;4-5H,1-3H3;5H,1-4H3;7,10H,1H2,2-4H3;5-6H,1-4H3/b;7-6+;;;;;6-5-;;6-5+. The fraction of sp³-hybridized carbons (Fsp3) is 0.658. The Morgan fingerprint density at radius 1 is 0.604 bits per heavy atom. The molecule has 0 aliphatic rings. The van der Waals surface area contributed by atoms with Gasteiger partial charge in [-0.15, -0.1) is 0 Å². The molecule has 0 fully saturated rings. The van der Waals surface area contributed by atoms with E-state index in [4.69, 9.17) is 34.2 Å². The first-order valence-corrected chi connectivity index (χ1v) is 33.4. The summed E-state index contributed by atoms with van der Waals surface area (Å²) in [4.78, 5) is 83.2. The molecule has 0 bridgehead atoms. The quantitative estimate of drug-likeness (QED) is 0.0359. The molecule has 0 radical (unpaired) electrons. The molecular formula is C79H134F2N4O16. The third kappa shape index (κ3) is 75.3. The molecule has 0 spiro atoms. The van der Waals surface area contributed by atoms with E-state index in [0.29, 0.717) is 44.8 Å². The van der Waals surface area contributed by atoms with Gasteiger partial charge < -0.3 is 43.7 Å². The number of carbonyl (C=O) groups is 7. The van der Waals surface area contributed by atoms with Gasteiger partial charge in [-0.25, -0.2) is 28.7 Å². The van der Waals surface area contributed by atoms with Gasteiger partial charge in [0, 0.05) is 48.7 Å². The average molecular weight is 1430 g/mol. The van der Waals surface area contributed by atoms with Crippen LogP contribution in [0.2, 0.25) is 0 Å². The van der Waals surface area contributed by atoms with Crippen molar-refractivity contribution >= 4 is 41.2 Å². The smallest absolute Gasteiger partial charge is 0.336 e. The molecule has 0 aromatic carbocycles. The van der Waals surface area contributed by atoms with Crippen LogP contribution in [0.4, 0.5) is 8.78 Å². The minimum Gasteiger partial charge on any atom is -0.463 e. The molecule has 1 heterocycles. The molecule has 0 aliphatic heterocycles. The second-order valence-electron chi connectivity index (χ2n) is 31.6. The molecule has 0 amide bonds. The summed E-state index contributed by atoms with van der Waals surface area (Å²) in [7, 11) is 0. The third-order valence-corrected chi connectivity index (χ3v) is 11.4. The van der Waals surface area contributed by atoms with Crippen LogP contribution in [0.1, 0.15) is 240 Å². The Hall–Kier alpha value is -7.21. The molecule has 0 saturated carbocycles. The summed E-state index contributed by atoms with van der Waals surface area (Å²) in [6, 6.07) is 3.67. The highest BCUT2D eigenvalue weighted by molar-refractivity contribution is 5.94. The van der Waals surface area contributed by atoms with Crippen molar-refractivity contribution in [2.75, 3.05) is 39.6 Å². The zero-order chi connectivity index (χ0) is 82.1. The van der Waals surface area contributed by atoms with Gasteiger partial charge in [0.05, 0.1) is 97.5 Å². The van der Waals surface area contributed by atoms with E-state index in [0.717, 1.165) is 11.6 Å². The molecule has 0 aliphatic carbocycles. The molecule has 1 aromatic rings. The maximum Gasteiger partial charge on any atom is 0.336 e. The number of aromatic nitrogens is 2. The summed E-state index contributed by atoms with van der Waals surface area (Å²) in [5, 5.41) is 45.1. The van der Waals surface area contributed by atoms with Gasteiger partial charge in [-0.1, -0.05) is 184 Å². The Balaban J connectivity index is -0.000000161. The molecule has 1 aromatic heterocycles. The second kappa shape index (κ2) is 54.5. The normalized spacial score (nSPS) is 12.4. The van der Waals surface area contributed by atoms with Crippen molar-refractivity contribution in [1.82, 2.24) is 9.97 Å². The van der Waals surface area contributed by atoms with Gasteiger partial charge in [-0.3, -0.25) is 19.2 Å². The Labute approximate surface area is 608 Å². The van der Waals surface area contributed by atoms with Crippen molar-refractivity contribution in [2.45, 2.75) is 270 Å². The van der Waals surface area contributed by atoms with Crippen LogP contribution >= 0.6 is 0 Å². The van der Waals surface area contributed by atoms with Gasteiger partial charge in [0.2, 0.25) is 0 Å². The molecule has 1 rings (SSSR count). The third-order valence-electron chi connectivity index (χ3n) is 11.4. The van der Waals surface area contributed by atoms with Crippen molar-refractivity contribution in [3.05, 3.63) is 109 Å². The van der Waals surface area contributed by atoms with E-state index < -0.39 is 47.6 Å². The predicted molar refractivity (Wildman–Crippen MR) is 400 cm³/mol. The van der Waals surface area contributed by atoms with E-state index >= 15 is 0 Å². The largest absolute Gasteiger partial charge is 0.463 e. The maximum atomic E-state index is 12.3. The van der Waals surface area contributed by atoms with E-state index in [1.54, 1.807) is 59.8 Å². The Morgan fingerprint density at radius 2 is 1.03 bits per heavy atom. The second-order valence-corrected chi connectivity index (χ2v) is 31.6. The lowest BCUT2D eigenvalue weighted by atomic mass is 9.85. The van der Waals surface area contributed by atoms with Crippen molar-refractivity contribution in [2.24, 2.45) is 32.5 Å². The van der Waals surface area contributed by atoms with Crippen LogP contribution in [0.3, 0.4) is 0 Å². The van der Waals surface area contributed by atoms with Crippen molar-refractivity contribution < 1.29 is 86.1 Å². The van der Waals surface area contributed by atoms with Crippen LogP contribution in [0.5, 0.6) is 0 Å². The van der Waals surface area contributed by atoms with E-state index in [-0.39, 0.29) is 103 Å². The number of ketones is 3. The van der Waals surface area contributed by atoms with Crippen molar-refractivity contribution in [3.8, 4) is 12.1 Å². The molecule has 0 saturated heterocycles. The highest BCUT2D eigenvalue weighted by Crippen LogP contribution is 2.26. The Kier molecular flexibility index (Phi) is 59.2. The number of halogens is 2. The van der Waals surface area contributed by atoms with E-state index in [1.165, 1.54) is 32.3 Å². The number of hydrogen-bond donors (Lipinski definition) is 3. The van der Waals surface area contributed by atoms with Crippen molar-refractivity contribution in [3.63, 3.8) is 0 Å². The first kappa shape index (κ1) is 110. The van der Waals surface area contributed by atoms with Crippen LogP contribution in [-0.2, 0) is 67.4 Å². The summed E-state index contributed by atoms with van der Waals surface area (Å²) in [5.41, 5.74) is 0.394. The number of hydrogen-bond acceptors (Lipinski definition) is 20. The van der Waals surface area contributed by atoms with Gasteiger partial charge >= 0.3 is 30.0 Å². The van der Waals surface area contributed by atoms with Gasteiger partial charge in [0.15, 0.2) is 17.3 Å². The summed E-state index contributed by atoms with van der Waals surface area (Å²) >= 11 is 0. The number of aliphatic hydroxyl groups is 3. The Morgan fingerprint density at radius 3 is 1.32 bits per heavy atom. The Bertz CT molecular complexity index is 2820. The number of carbonyl (C=O) groups excluding carboxylic acids is 7. The van der Waals surface area contributed by atoms with Crippen LogP contribution in [0.25, 0.3) is 0 Å². The minimum absolute atomic E-state index is 0.00625. The van der Waals surface area contributed by atoms with Gasteiger partial charge in [0.1, 0.15) is 12.4 Å². The number of nitrogens with zero attached hydrogens (tertiary/aromatic N) is 4. The van der Waals surface area contributed by atoms with Crippen molar-refractivity contribution in [1.29, 1.82) is 10.5 Å². The topological polar surface area (TPSA) is 309 Å². The fourth-order valence-electron chi connectivity index (χ4n) is 5.73. The molecule has 101 heavy (non-hydrogen) atoms. The molecule has 3 unspecified atom stereocenters. The SMILES string of the molecule is C/C(F)=C/C(=O)C(C)(C)C.C/C=C/C(=O)C(C)(C)C.C=C(C#N)C(O)C(C)(C)C.C=C(C#N)C(O)CC(C)(C)C.C=C(C(=O)OCC)C(O)C(C)(C)C.C=C(COC(C)C)C(=O)OCC.CC(=O)OCC(=O)CC(C)(C)C.CC(C)(C)c1cnc(F)nc1.CCOC(=O)/C=C/COC(C)(C)C. The molecule has 3 N–H and O–H groups in total. The number of aliphatic hydroxyl groups excluding tert-OH is 3. The number of esters is 4. The molecular weight excluding hydrogens is 1300 g/mol. The minimum atomic E-state index is -0.855. The number of Topliss-reactive ketones (excluding diaryl/α,β-unsaturated/α-hetero) is 1. The number of ether oxygens (including phenoxy) is 6. The van der Waals surface area contributed by atoms with Gasteiger partial charge in [-0.05, 0) is 114 Å². The summed E-state index contributed by atoms with van der Waals surface area (Å²) in [6.45, 7) is 75.1. The first-order valence-electron chi connectivity index (χ1n) is 33.4. The molecule has 580 valence electrons. The first-order chi connectivity index (χ1) is 45.2. The van der Waals surface area contributed by atoms with Gasteiger partial charge in [-0.2, -0.15) is 14.9 Å². The highest BCUT2D eigenvalue weighted by atomic mass is 19.1. The predicted octanol–water partition coefficient (Wildman–Crippen LogP) is 16.4. The van der Waals surface area contributed by atoms with E-state index in [9.17, 15) is 57.7 Å². The number of nitriles is 2. The zero-order valence-electron chi connectivity index (χ0n) is 68.0. The molecule has 20 nitrogen and oxygen atoms in total. The highest BCUT2D eigenvalue weighted by Gasteiger charge is 2.29. The zero-order valence-corrected chi connectivity index (χ0v) is 68.0. The van der Waals surface area contributed by atoms with Crippen LogP contribution in [-0.4, -0.2) is 136 Å². The fourth-order valence-corrected chi connectivity index (χ4v) is 5.73. The molecule has 3 atom stereocenters. The summed E-state index contributed by atoms with van der Waals surface area (Å²) in [6.07, 6.45) is 8.69. The van der Waals surface area contributed by atoms with Crippen LogP contribution < -0.4 is 0 Å². The lowest BCUT2D eigenvalue weighted by molar-refractivity contribution is -0.146. The van der Waals surface area contributed by atoms with Crippen LogP contribution in [0, 0.1) is 61.2 Å². The molecule has 22 heteroatoms. The van der Waals surface area contributed by atoms with Gasteiger partial charge in [0.25, 0.3) is 0 Å². The van der Waals surface area contributed by atoms with Crippen LogP contribution in [0.15, 0.2) is 97.2 Å². The lowest BCUT2D eigenvalue weighted by Gasteiger charge is -2.26. The summed E-state index contributed by atoms with van der Waals surface area (Å²) in [5.74, 6) is -2.07. The summed E-state index contributed by atoms with van der Waals surface area (Å²) < 4.78 is 53.6. The number of allylic oxidation sites excluding steroid dienone is 4.